The van der Waals surface area contributed by atoms with Crippen molar-refractivity contribution in [1.29, 1.82) is 0 Å². The Hall–Kier alpha value is -0.980. The molecule has 2 heterocycles. The van der Waals surface area contributed by atoms with E-state index in [0.717, 1.165) is 26.1 Å². The van der Waals surface area contributed by atoms with Crippen LogP contribution in [0.25, 0.3) is 0 Å². The molecule has 3 fully saturated rings. The molecule has 5 nitrogen and oxygen atoms in total. The first-order chi connectivity index (χ1) is 18.3. The van der Waals surface area contributed by atoms with Crippen LogP contribution in [0.4, 0.5) is 0 Å². The Morgan fingerprint density at radius 2 is 1.68 bits per heavy atom. The van der Waals surface area contributed by atoms with Crippen molar-refractivity contribution in [3.63, 3.8) is 0 Å². The minimum atomic E-state index is 0.184. The predicted octanol–water partition coefficient (Wildman–Crippen LogP) is 5.80. The molecular weight excluding hydrogens is 468 g/mol. The van der Waals surface area contributed by atoms with Crippen LogP contribution in [-0.4, -0.2) is 50.2 Å². The summed E-state index contributed by atoms with van der Waals surface area (Å²) in [6.45, 7) is 17.7. The van der Waals surface area contributed by atoms with Crippen molar-refractivity contribution < 1.29 is 4.74 Å². The molecule has 0 radical (unpaired) electrons. The maximum Gasteiger partial charge on any atom is 0.0621 e. The number of hydrogen-bond acceptors (Lipinski definition) is 5. The van der Waals surface area contributed by atoms with Gasteiger partial charge in [0.2, 0.25) is 0 Å². The van der Waals surface area contributed by atoms with Crippen LogP contribution < -0.4 is 21.3 Å². The second kappa shape index (κ2) is 14.1. The van der Waals surface area contributed by atoms with Gasteiger partial charge in [0.25, 0.3) is 0 Å². The summed E-state index contributed by atoms with van der Waals surface area (Å²) in [5, 5.41) is 15.1. The molecular formula is C33H58N4O. The maximum atomic E-state index is 7.04. The Morgan fingerprint density at radius 1 is 0.947 bits per heavy atom. The fourth-order valence-corrected chi connectivity index (χ4v) is 7.41. The van der Waals surface area contributed by atoms with E-state index in [1.807, 2.05) is 0 Å². The van der Waals surface area contributed by atoms with Crippen LogP contribution in [-0.2, 0) is 10.2 Å². The lowest BCUT2D eigenvalue weighted by molar-refractivity contribution is -0.0813. The van der Waals surface area contributed by atoms with Crippen LogP contribution >= 0.6 is 0 Å². The van der Waals surface area contributed by atoms with Gasteiger partial charge in [-0.25, -0.2) is 0 Å². The van der Waals surface area contributed by atoms with Gasteiger partial charge >= 0.3 is 0 Å². The molecule has 1 aromatic carbocycles. The average Bonchev–Trinajstić information content (AvgIpc) is 3.48. The van der Waals surface area contributed by atoms with Gasteiger partial charge < -0.3 is 20.7 Å². The normalized spacial score (nSPS) is 30.6. The predicted molar refractivity (Wildman–Crippen MR) is 160 cm³/mol. The highest BCUT2D eigenvalue weighted by molar-refractivity contribution is 5.24. The van der Waals surface area contributed by atoms with Gasteiger partial charge in [-0.15, -0.1) is 0 Å². The summed E-state index contributed by atoms with van der Waals surface area (Å²) in [6.07, 6.45) is 11.3. The SMILES string of the molecule is CCC(C)[C@H](C)C(CC(C)NC1CC(C(C)(C)c2ccccc2)CCN1)OC1CCCC(C2NCCN2)C1. The van der Waals surface area contributed by atoms with Crippen LogP contribution in [0.3, 0.4) is 0 Å². The first-order valence-corrected chi connectivity index (χ1v) is 15.9. The highest BCUT2D eigenvalue weighted by atomic mass is 16.5. The zero-order chi connectivity index (χ0) is 27.1. The lowest BCUT2D eigenvalue weighted by atomic mass is 9.69. The summed E-state index contributed by atoms with van der Waals surface area (Å²) < 4.78 is 7.04. The largest absolute Gasteiger partial charge is 0.375 e. The number of rotatable bonds is 12. The van der Waals surface area contributed by atoms with Crippen LogP contribution in [0, 0.1) is 23.7 Å². The van der Waals surface area contributed by atoms with Crippen molar-refractivity contribution in [2.75, 3.05) is 19.6 Å². The number of ether oxygens (including phenoxy) is 1. The Kier molecular flexibility index (Phi) is 11.1. The number of hydrogen-bond donors (Lipinski definition) is 4. The van der Waals surface area contributed by atoms with E-state index in [-0.39, 0.29) is 5.41 Å². The summed E-state index contributed by atoms with van der Waals surface area (Å²) >= 11 is 0. The molecule has 4 N–H and O–H groups in total. The van der Waals surface area contributed by atoms with Crippen molar-refractivity contribution >= 4 is 0 Å². The fourth-order valence-electron chi connectivity index (χ4n) is 7.41. The minimum Gasteiger partial charge on any atom is -0.375 e. The van der Waals surface area contributed by atoms with Gasteiger partial charge in [0, 0.05) is 19.1 Å². The molecule has 1 aliphatic carbocycles. The van der Waals surface area contributed by atoms with E-state index in [4.69, 9.17) is 4.74 Å². The number of nitrogens with one attached hydrogen (secondary N) is 4. The molecule has 0 aromatic heterocycles. The van der Waals surface area contributed by atoms with Crippen molar-refractivity contribution in [3.05, 3.63) is 35.9 Å². The first-order valence-electron chi connectivity index (χ1n) is 15.9. The molecule has 4 rings (SSSR count). The third kappa shape index (κ3) is 7.81. The van der Waals surface area contributed by atoms with Gasteiger partial charge in [0.1, 0.15) is 0 Å². The van der Waals surface area contributed by atoms with Gasteiger partial charge in [0.05, 0.1) is 24.5 Å². The molecule has 0 amide bonds. The van der Waals surface area contributed by atoms with Crippen LogP contribution in [0.5, 0.6) is 0 Å². The second-order valence-corrected chi connectivity index (χ2v) is 13.5. The molecule has 216 valence electrons. The molecule has 2 aliphatic heterocycles. The van der Waals surface area contributed by atoms with Gasteiger partial charge in [-0.2, -0.15) is 0 Å². The monoisotopic (exact) mass is 526 g/mol. The molecule has 7 unspecified atom stereocenters. The molecule has 0 bridgehead atoms. The van der Waals surface area contributed by atoms with Crippen LogP contribution in [0.1, 0.15) is 98.5 Å². The van der Waals surface area contributed by atoms with Crippen molar-refractivity contribution in [1.82, 2.24) is 21.3 Å². The molecule has 3 aliphatic rings. The number of benzene rings is 1. The van der Waals surface area contributed by atoms with Crippen LogP contribution in [0.2, 0.25) is 0 Å². The zero-order valence-corrected chi connectivity index (χ0v) is 25.3. The van der Waals surface area contributed by atoms with E-state index in [1.54, 1.807) is 0 Å². The quantitative estimate of drug-likeness (QED) is 0.277. The summed E-state index contributed by atoms with van der Waals surface area (Å²) in [5.41, 5.74) is 1.65. The van der Waals surface area contributed by atoms with Gasteiger partial charge in [-0.1, -0.05) is 77.8 Å². The number of piperidine rings is 1. The third-order valence-electron chi connectivity index (χ3n) is 10.5. The van der Waals surface area contributed by atoms with Gasteiger partial charge in [-0.05, 0) is 86.6 Å². The van der Waals surface area contributed by atoms with E-state index in [9.17, 15) is 0 Å². The van der Waals surface area contributed by atoms with E-state index in [2.05, 4.69) is 93.1 Å². The lowest BCUT2D eigenvalue weighted by Gasteiger charge is -2.42. The van der Waals surface area contributed by atoms with E-state index >= 15 is 0 Å². The van der Waals surface area contributed by atoms with Gasteiger partial charge in [0.15, 0.2) is 0 Å². The highest BCUT2D eigenvalue weighted by Gasteiger charge is 2.37. The fraction of sp³-hybridized carbons (Fsp3) is 0.818. The topological polar surface area (TPSA) is 57.4 Å². The van der Waals surface area contributed by atoms with Crippen LogP contribution in [0.15, 0.2) is 30.3 Å². The molecule has 0 spiro atoms. The average molecular weight is 527 g/mol. The first kappa shape index (κ1) is 30.0. The van der Waals surface area contributed by atoms with Crippen molar-refractivity contribution in [3.8, 4) is 0 Å². The zero-order valence-electron chi connectivity index (χ0n) is 25.3. The maximum absolute atomic E-state index is 7.04. The Balaban J connectivity index is 1.34. The summed E-state index contributed by atoms with van der Waals surface area (Å²) in [7, 11) is 0. The summed E-state index contributed by atoms with van der Waals surface area (Å²) in [4.78, 5) is 0. The molecule has 38 heavy (non-hydrogen) atoms. The van der Waals surface area contributed by atoms with E-state index < -0.39 is 0 Å². The van der Waals surface area contributed by atoms with E-state index in [0.29, 0.717) is 54.3 Å². The third-order valence-corrected chi connectivity index (χ3v) is 10.5. The molecule has 5 heteroatoms. The molecule has 8 atom stereocenters. The standard InChI is InChI=1S/C33H58N4O/c1-7-23(2)25(4)30(38-29-15-11-12-26(21-29)32-35-18-19-36-32)20-24(3)37-31-22-28(16-17-34-31)33(5,6)27-13-9-8-10-14-27/h8-10,13-14,23-26,28-32,34-37H,7,11-12,15-22H2,1-6H3/t23?,24?,25-,26?,28?,29?,30?,31?/m0/s1. The smallest absolute Gasteiger partial charge is 0.0621 e. The highest BCUT2D eigenvalue weighted by Crippen LogP contribution is 2.38. The molecule has 1 aromatic rings. The summed E-state index contributed by atoms with van der Waals surface area (Å²) in [6, 6.07) is 11.5. The Labute approximate surface area is 234 Å². The molecule has 1 saturated carbocycles. The molecule has 2 saturated heterocycles. The van der Waals surface area contributed by atoms with Crippen molar-refractivity contribution in [2.24, 2.45) is 23.7 Å². The van der Waals surface area contributed by atoms with E-state index in [1.165, 1.54) is 50.5 Å². The van der Waals surface area contributed by atoms with Gasteiger partial charge in [-0.3, -0.25) is 5.32 Å². The summed E-state index contributed by atoms with van der Waals surface area (Å²) in [5.74, 6) is 2.60. The Bertz CT molecular complexity index is 810. The lowest BCUT2D eigenvalue weighted by Crippen LogP contribution is -2.54. The minimum absolute atomic E-state index is 0.184. The second-order valence-electron chi connectivity index (χ2n) is 13.5. The Morgan fingerprint density at radius 3 is 2.39 bits per heavy atom. The van der Waals surface area contributed by atoms with Crippen molar-refractivity contribution in [2.45, 2.75) is 129 Å².